The average Bonchev–Trinajstić information content (AvgIpc) is 3.24. The van der Waals surface area contributed by atoms with Gasteiger partial charge in [0.1, 0.15) is 23.9 Å². The van der Waals surface area contributed by atoms with Crippen molar-refractivity contribution in [2.24, 2.45) is 0 Å². The summed E-state index contributed by atoms with van der Waals surface area (Å²) in [7, 11) is 0. The largest absolute Gasteiger partial charge is 0.492 e. The molecule has 0 aliphatic heterocycles. The van der Waals surface area contributed by atoms with Gasteiger partial charge in [0.25, 0.3) is 5.91 Å². The molecule has 38 heavy (non-hydrogen) atoms. The summed E-state index contributed by atoms with van der Waals surface area (Å²) in [5, 5.41) is 2.96. The first-order valence-electron chi connectivity index (χ1n) is 13.3. The predicted octanol–water partition coefficient (Wildman–Crippen LogP) is 6.16. The van der Waals surface area contributed by atoms with Gasteiger partial charge in [-0.25, -0.2) is 4.98 Å². The summed E-state index contributed by atoms with van der Waals surface area (Å²) >= 11 is 0. The Morgan fingerprint density at radius 1 is 0.974 bits per heavy atom. The minimum atomic E-state index is -0.120. The summed E-state index contributed by atoms with van der Waals surface area (Å²) in [5.74, 6) is 2.50. The highest BCUT2D eigenvalue weighted by atomic mass is 16.5. The van der Waals surface area contributed by atoms with E-state index in [1.165, 1.54) is 5.56 Å². The lowest BCUT2D eigenvalue weighted by Gasteiger charge is -2.19. The van der Waals surface area contributed by atoms with Crippen LogP contribution in [-0.4, -0.2) is 35.2 Å². The molecular weight excluding hydrogens is 474 g/mol. The van der Waals surface area contributed by atoms with E-state index < -0.39 is 0 Å². The second kappa shape index (κ2) is 12.2. The maximum atomic E-state index is 12.3. The van der Waals surface area contributed by atoms with Crippen LogP contribution in [0, 0.1) is 13.8 Å². The molecule has 1 N–H and O–H groups in total. The predicted molar refractivity (Wildman–Crippen MR) is 153 cm³/mol. The first kappa shape index (κ1) is 27.2. The molecule has 3 aromatic carbocycles. The molecule has 0 atom stereocenters. The molecule has 0 saturated carbocycles. The number of aromatic nitrogens is 2. The Morgan fingerprint density at radius 2 is 1.74 bits per heavy atom. The van der Waals surface area contributed by atoms with Crippen molar-refractivity contribution in [2.75, 3.05) is 19.8 Å². The van der Waals surface area contributed by atoms with Crippen molar-refractivity contribution in [3.63, 3.8) is 0 Å². The summed E-state index contributed by atoms with van der Waals surface area (Å²) in [6.45, 7) is 12.4. The van der Waals surface area contributed by atoms with Crippen LogP contribution in [0.2, 0.25) is 0 Å². The normalized spacial score (nSPS) is 11.5. The first-order chi connectivity index (χ1) is 18.2. The van der Waals surface area contributed by atoms with Gasteiger partial charge in [-0.2, -0.15) is 0 Å². The fourth-order valence-electron chi connectivity index (χ4n) is 4.40. The molecule has 4 rings (SSSR count). The summed E-state index contributed by atoms with van der Waals surface area (Å²) in [5.41, 5.74) is 5.61. The number of hydrogen-bond acceptors (Lipinski definition) is 4. The van der Waals surface area contributed by atoms with Crippen LogP contribution in [0.1, 0.15) is 49.7 Å². The van der Waals surface area contributed by atoms with Gasteiger partial charge in [-0.1, -0.05) is 57.2 Å². The number of nitrogens with one attached hydrogen (secondary N) is 1. The van der Waals surface area contributed by atoms with Crippen LogP contribution in [-0.2, 0) is 23.2 Å². The lowest BCUT2D eigenvalue weighted by molar-refractivity contribution is -0.123. The molecule has 1 aromatic heterocycles. The van der Waals surface area contributed by atoms with Gasteiger partial charge in [0.2, 0.25) is 0 Å². The second-order valence-corrected chi connectivity index (χ2v) is 10.8. The fourth-order valence-corrected chi connectivity index (χ4v) is 4.40. The van der Waals surface area contributed by atoms with Crippen molar-refractivity contribution in [3.8, 4) is 11.5 Å². The van der Waals surface area contributed by atoms with Crippen molar-refractivity contribution >= 4 is 16.9 Å². The van der Waals surface area contributed by atoms with E-state index in [0.717, 1.165) is 52.3 Å². The Hall–Kier alpha value is -3.80. The molecule has 0 saturated heterocycles. The number of ether oxygens (including phenoxy) is 2. The number of imidazole rings is 1. The third-order valence-corrected chi connectivity index (χ3v) is 6.64. The van der Waals surface area contributed by atoms with E-state index in [4.69, 9.17) is 14.5 Å². The lowest BCUT2D eigenvalue weighted by atomic mass is 9.87. The molecule has 4 aromatic rings. The van der Waals surface area contributed by atoms with E-state index in [1.54, 1.807) is 0 Å². The van der Waals surface area contributed by atoms with Crippen molar-refractivity contribution in [3.05, 3.63) is 89.2 Å². The third kappa shape index (κ3) is 7.15. The number of amides is 1. The summed E-state index contributed by atoms with van der Waals surface area (Å²) in [6.07, 6.45) is 1.54. The number of carbonyl (C=O) groups is 1. The summed E-state index contributed by atoms with van der Waals surface area (Å²) < 4.78 is 14.0. The zero-order valence-electron chi connectivity index (χ0n) is 23.2. The molecule has 0 fully saturated rings. The standard InChI is InChI=1S/C32H39N3O3/c1-23-12-13-24(2)29(21-23)38-22-31(36)33-18-8-11-30-34-27-9-6-7-10-28(27)35(30)19-20-37-26-16-14-25(15-17-26)32(3,4)5/h6-7,9-10,12-17,21H,8,11,18-20,22H2,1-5H3,(H,33,36). The van der Waals surface area contributed by atoms with Crippen LogP contribution in [0.5, 0.6) is 11.5 Å². The van der Waals surface area contributed by atoms with Gasteiger partial charge in [0, 0.05) is 13.0 Å². The molecule has 1 amide bonds. The van der Waals surface area contributed by atoms with Gasteiger partial charge in [-0.3, -0.25) is 4.79 Å². The maximum Gasteiger partial charge on any atom is 0.257 e. The Labute approximate surface area is 226 Å². The zero-order valence-corrected chi connectivity index (χ0v) is 23.2. The SMILES string of the molecule is Cc1ccc(C)c(OCC(=O)NCCCc2nc3ccccc3n2CCOc2ccc(C(C)(C)C)cc2)c1. The van der Waals surface area contributed by atoms with E-state index in [1.807, 2.05) is 62.4 Å². The van der Waals surface area contributed by atoms with E-state index >= 15 is 0 Å². The molecule has 0 bridgehead atoms. The second-order valence-electron chi connectivity index (χ2n) is 10.8. The smallest absolute Gasteiger partial charge is 0.257 e. The van der Waals surface area contributed by atoms with Crippen LogP contribution in [0.15, 0.2) is 66.7 Å². The topological polar surface area (TPSA) is 65.4 Å². The highest BCUT2D eigenvalue weighted by Crippen LogP contribution is 2.24. The minimum absolute atomic E-state index is 0.0108. The molecule has 0 spiro atoms. The number of nitrogens with zero attached hydrogens (tertiary/aromatic N) is 2. The third-order valence-electron chi connectivity index (χ3n) is 6.64. The fraction of sp³-hybridized carbons (Fsp3) is 0.375. The Morgan fingerprint density at radius 3 is 2.50 bits per heavy atom. The molecular formula is C32H39N3O3. The highest BCUT2D eigenvalue weighted by Gasteiger charge is 2.14. The van der Waals surface area contributed by atoms with Gasteiger partial charge >= 0.3 is 0 Å². The Bertz CT molecular complexity index is 1370. The van der Waals surface area contributed by atoms with Crippen LogP contribution in [0.3, 0.4) is 0 Å². The molecule has 200 valence electrons. The van der Waals surface area contributed by atoms with Crippen molar-refractivity contribution < 1.29 is 14.3 Å². The van der Waals surface area contributed by atoms with Crippen LogP contribution >= 0.6 is 0 Å². The number of fused-ring (bicyclic) bond motifs is 1. The molecule has 6 heteroatoms. The van der Waals surface area contributed by atoms with Gasteiger partial charge in [0.05, 0.1) is 17.6 Å². The minimum Gasteiger partial charge on any atom is -0.492 e. The van der Waals surface area contributed by atoms with Gasteiger partial charge in [-0.15, -0.1) is 0 Å². The van der Waals surface area contributed by atoms with Crippen molar-refractivity contribution in [2.45, 2.75) is 59.4 Å². The zero-order chi connectivity index (χ0) is 27.1. The highest BCUT2D eigenvalue weighted by molar-refractivity contribution is 5.77. The monoisotopic (exact) mass is 513 g/mol. The molecule has 0 aliphatic rings. The van der Waals surface area contributed by atoms with Gasteiger partial charge in [-0.05, 0) is 72.7 Å². The lowest BCUT2D eigenvalue weighted by Crippen LogP contribution is -2.30. The van der Waals surface area contributed by atoms with Crippen molar-refractivity contribution in [1.29, 1.82) is 0 Å². The number of rotatable bonds is 11. The summed E-state index contributed by atoms with van der Waals surface area (Å²) in [6, 6.07) is 22.5. The van der Waals surface area contributed by atoms with Crippen LogP contribution < -0.4 is 14.8 Å². The van der Waals surface area contributed by atoms with Crippen LogP contribution in [0.4, 0.5) is 0 Å². The molecule has 0 radical (unpaired) electrons. The van der Waals surface area contributed by atoms with Gasteiger partial charge < -0.3 is 19.4 Å². The molecule has 0 aliphatic carbocycles. The van der Waals surface area contributed by atoms with E-state index in [0.29, 0.717) is 19.7 Å². The quantitative estimate of drug-likeness (QED) is 0.244. The summed E-state index contributed by atoms with van der Waals surface area (Å²) in [4.78, 5) is 17.2. The molecule has 0 unspecified atom stereocenters. The van der Waals surface area contributed by atoms with E-state index in [-0.39, 0.29) is 17.9 Å². The molecule has 1 heterocycles. The Kier molecular flexibility index (Phi) is 8.72. The first-order valence-corrected chi connectivity index (χ1v) is 13.3. The average molecular weight is 514 g/mol. The van der Waals surface area contributed by atoms with Crippen molar-refractivity contribution in [1.82, 2.24) is 14.9 Å². The molecule has 6 nitrogen and oxygen atoms in total. The van der Waals surface area contributed by atoms with Crippen LogP contribution in [0.25, 0.3) is 11.0 Å². The number of para-hydroxylation sites is 2. The number of hydrogen-bond donors (Lipinski definition) is 1. The van der Waals surface area contributed by atoms with Gasteiger partial charge in [0.15, 0.2) is 6.61 Å². The van der Waals surface area contributed by atoms with E-state index in [9.17, 15) is 4.79 Å². The maximum absolute atomic E-state index is 12.3. The van der Waals surface area contributed by atoms with E-state index in [2.05, 4.69) is 48.9 Å². The number of benzene rings is 3. The number of aryl methyl sites for hydroxylation is 3. The Balaban J connectivity index is 1.29. The number of carbonyl (C=O) groups excluding carboxylic acids is 1.